The Hall–Kier alpha value is -3.39. The van der Waals surface area contributed by atoms with Crippen LogP contribution in [-0.4, -0.2) is 55.5 Å². The highest BCUT2D eigenvalue weighted by molar-refractivity contribution is 5.80. The Kier molecular flexibility index (Phi) is 7.47. The van der Waals surface area contributed by atoms with Crippen molar-refractivity contribution in [2.24, 2.45) is 11.8 Å². The van der Waals surface area contributed by atoms with Crippen molar-refractivity contribution in [2.45, 2.75) is 31.7 Å². The maximum absolute atomic E-state index is 12.6. The van der Waals surface area contributed by atoms with Gasteiger partial charge >= 0.3 is 12.1 Å². The summed E-state index contributed by atoms with van der Waals surface area (Å²) in [5.74, 6) is -1.94. The summed E-state index contributed by atoms with van der Waals surface area (Å²) in [6, 6.07) is 16.0. The summed E-state index contributed by atoms with van der Waals surface area (Å²) in [5.41, 5.74) is 4.59. The minimum Gasteiger partial charge on any atom is -0.481 e. The molecule has 8 nitrogen and oxygen atoms in total. The highest BCUT2D eigenvalue weighted by Gasteiger charge is 2.31. The Morgan fingerprint density at radius 1 is 1.09 bits per heavy atom. The molecule has 34 heavy (non-hydrogen) atoms. The molecular formula is C26H30N2O6. The summed E-state index contributed by atoms with van der Waals surface area (Å²) in [5, 5.41) is 14.7. The van der Waals surface area contributed by atoms with E-state index in [-0.39, 0.29) is 43.4 Å². The van der Waals surface area contributed by atoms with Crippen LogP contribution >= 0.6 is 0 Å². The molecule has 2 aliphatic rings. The molecule has 2 aromatic carbocycles. The van der Waals surface area contributed by atoms with Gasteiger partial charge in [-0.2, -0.15) is 0 Å². The Morgan fingerprint density at radius 3 is 2.38 bits per heavy atom. The SMILES string of the molecule is CC(CNC(=O)OCC1c2ccccc2-c2ccccc21)C(=O)NC1CCOCC1CC(=O)O. The number of ether oxygens (including phenoxy) is 2. The molecule has 180 valence electrons. The standard InChI is InChI=1S/C26H30N2O6/c1-16(25(31)28-23-10-11-33-14-17(23)12-24(29)30)13-27-26(32)34-15-22-20-8-4-2-6-18(20)19-7-3-5-9-21(19)22/h2-9,16-17,22-23H,10-15H2,1H3,(H,27,32)(H,28,31)(H,29,30). The van der Waals surface area contributed by atoms with E-state index in [1.165, 1.54) is 0 Å². The summed E-state index contributed by atoms with van der Waals surface area (Å²) in [7, 11) is 0. The van der Waals surface area contributed by atoms with Gasteiger partial charge in [-0.25, -0.2) is 4.79 Å². The summed E-state index contributed by atoms with van der Waals surface area (Å²) in [6.07, 6.45) is -0.0654. The van der Waals surface area contributed by atoms with E-state index in [1.54, 1.807) is 6.92 Å². The van der Waals surface area contributed by atoms with Crippen LogP contribution in [0.3, 0.4) is 0 Å². The molecule has 0 spiro atoms. The number of benzene rings is 2. The van der Waals surface area contributed by atoms with Crippen molar-refractivity contribution >= 4 is 18.0 Å². The molecule has 0 bridgehead atoms. The third kappa shape index (κ3) is 5.39. The normalized spacial score (nSPS) is 20.0. The second-order valence-corrected chi connectivity index (χ2v) is 8.94. The average molecular weight is 467 g/mol. The van der Waals surface area contributed by atoms with E-state index in [4.69, 9.17) is 14.6 Å². The van der Waals surface area contributed by atoms with Crippen LogP contribution in [0.1, 0.15) is 36.8 Å². The first kappa shape index (κ1) is 23.8. The third-order valence-corrected chi connectivity index (χ3v) is 6.58. The highest BCUT2D eigenvalue weighted by Crippen LogP contribution is 2.44. The highest BCUT2D eigenvalue weighted by atomic mass is 16.5. The largest absolute Gasteiger partial charge is 0.481 e. The molecule has 4 rings (SSSR count). The molecule has 3 unspecified atom stereocenters. The number of hydrogen-bond acceptors (Lipinski definition) is 5. The molecule has 1 fully saturated rings. The summed E-state index contributed by atoms with van der Waals surface area (Å²) >= 11 is 0. The molecule has 3 N–H and O–H groups in total. The molecule has 2 aromatic rings. The first-order chi connectivity index (χ1) is 16.4. The van der Waals surface area contributed by atoms with E-state index in [9.17, 15) is 14.4 Å². The maximum Gasteiger partial charge on any atom is 0.407 e. The van der Waals surface area contributed by atoms with Crippen molar-refractivity contribution in [2.75, 3.05) is 26.4 Å². The van der Waals surface area contributed by atoms with Gasteiger partial charge in [0.05, 0.1) is 18.9 Å². The predicted octanol–water partition coefficient (Wildman–Crippen LogP) is 3.16. The number of rotatable bonds is 8. The number of nitrogens with one attached hydrogen (secondary N) is 2. The molecule has 2 amide bonds. The van der Waals surface area contributed by atoms with E-state index in [2.05, 4.69) is 34.9 Å². The fourth-order valence-electron chi connectivity index (χ4n) is 4.72. The lowest BCUT2D eigenvalue weighted by Gasteiger charge is -2.32. The fourth-order valence-corrected chi connectivity index (χ4v) is 4.72. The van der Waals surface area contributed by atoms with Gasteiger partial charge in [0.15, 0.2) is 0 Å². The molecule has 8 heteroatoms. The van der Waals surface area contributed by atoms with Gasteiger partial charge in [0, 0.05) is 31.0 Å². The van der Waals surface area contributed by atoms with Crippen LogP contribution in [0.5, 0.6) is 0 Å². The smallest absolute Gasteiger partial charge is 0.407 e. The van der Waals surface area contributed by atoms with Gasteiger partial charge in [0.2, 0.25) is 5.91 Å². The van der Waals surface area contributed by atoms with Crippen LogP contribution in [0, 0.1) is 11.8 Å². The van der Waals surface area contributed by atoms with Crippen LogP contribution in [-0.2, 0) is 19.1 Å². The number of amides is 2. The Morgan fingerprint density at radius 2 is 1.74 bits per heavy atom. The Balaban J connectivity index is 1.26. The van der Waals surface area contributed by atoms with Crippen LogP contribution in [0.2, 0.25) is 0 Å². The number of carboxylic acid groups (broad SMARTS) is 1. The monoisotopic (exact) mass is 466 g/mol. The minimum absolute atomic E-state index is 0.0291. The lowest BCUT2D eigenvalue weighted by atomic mass is 9.92. The van der Waals surface area contributed by atoms with Gasteiger partial charge < -0.3 is 25.2 Å². The molecule has 1 saturated heterocycles. The second-order valence-electron chi connectivity index (χ2n) is 8.94. The van der Waals surface area contributed by atoms with E-state index >= 15 is 0 Å². The molecule has 1 heterocycles. The van der Waals surface area contributed by atoms with Gasteiger partial charge in [-0.1, -0.05) is 55.5 Å². The number of carboxylic acids is 1. The second kappa shape index (κ2) is 10.7. The zero-order valence-corrected chi connectivity index (χ0v) is 19.2. The van der Waals surface area contributed by atoms with Gasteiger partial charge in [0.1, 0.15) is 6.61 Å². The molecule has 0 saturated carbocycles. The Bertz CT molecular complexity index is 1010. The van der Waals surface area contributed by atoms with E-state index < -0.39 is 18.0 Å². The number of hydrogen-bond donors (Lipinski definition) is 3. The summed E-state index contributed by atoms with van der Waals surface area (Å²) < 4.78 is 10.9. The number of aliphatic carboxylic acids is 1. The number of carbonyl (C=O) groups excluding carboxylic acids is 2. The van der Waals surface area contributed by atoms with Crippen LogP contribution < -0.4 is 10.6 Å². The maximum atomic E-state index is 12.6. The van der Waals surface area contributed by atoms with Crippen molar-refractivity contribution in [3.8, 4) is 11.1 Å². The summed E-state index contributed by atoms with van der Waals surface area (Å²) in [6.45, 7) is 2.83. The van der Waals surface area contributed by atoms with E-state index in [0.717, 1.165) is 22.3 Å². The topological polar surface area (TPSA) is 114 Å². The van der Waals surface area contributed by atoms with E-state index in [0.29, 0.717) is 19.6 Å². The van der Waals surface area contributed by atoms with Crippen LogP contribution in [0.25, 0.3) is 11.1 Å². The number of fused-ring (bicyclic) bond motifs is 3. The predicted molar refractivity (Wildman–Crippen MR) is 125 cm³/mol. The van der Waals surface area contributed by atoms with Crippen molar-refractivity contribution in [1.82, 2.24) is 10.6 Å². The lowest BCUT2D eigenvalue weighted by Crippen LogP contribution is -2.49. The van der Waals surface area contributed by atoms with E-state index in [1.807, 2.05) is 24.3 Å². The first-order valence-corrected chi connectivity index (χ1v) is 11.6. The molecule has 1 aliphatic carbocycles. The zero-order chi connectivity index (χ0) is 24.1. The molecular weight excluding hydrogens is 436 g/mol. The summed E-state index contributed by atoms with van der Waals surface area (Å²) in [4.78, 5) is 36.0. The van der Waals surface area contributed by atoms with Crippen molar-refractivity contribution < 1.29 is 29.0 Å². The lowest BCUT2D eigenvalue weighted by molar-refractivity contribution is -0.140. The molecule has 3 atom stereocenters. The van der Waals surface area contributed by atoms with Gasteiger partial charge in [0.25, 0.3) is 0 Å². The van der Waals surface area contributed by atoms with Gasteiger partial charge in [-0.15, -0.1) is 0 Å². The zero-order valence-electron chi connectivity index (χ0n) is 19.2. The quantitative estimate of drug-likeness (QED) is 0.551. The Labute approximate surface area is 198 Å². The molecule has 0 aromatic heterocycles. The van der Waals surface area contributed by atoms with Gasteiger partial charge in [-0.05, 0) is 28.7 Å². The molecule has 0 radical (unpaired) electrons. The van der Waals surface area contributed by atoms with Crippen LogP contribution in [0.4, 0.5) is 4.79 Å². The molecule has 1 aliphatic heterocycles. The van der Waals surface area contributed by atoms with Crippen molar-refractivity contribution in [3.63, 3.8) is 0 Å². The fraction of sp³-hybridized carbons (Fsp3) is 0.423. The van der Waals surface area contributed by atoms with Gasteiger partial charge in [-0.3, -0.25) is 9.59 Å². The third-order valence-electron chi connectivity index (χ3n) is 6.58. The van der Waals surface area contributed by atoms with Crippen molar-refractivity contribution in [3.05, 3.63) is 59.7 Å². The number of alkyl carbamates (subject to hydrolysis) is 1. The first-order valence-electron chi connectivity index (χ1n) is 11.6. The van der Waals surface area contributed by atoms with Crippen molar-refractivity contribution in [1.29, 1.82) is 0 Å². The average Bonchev–Trinajstić information content (AvgIpc) is 3.16. The minimum atomic E-state index is -0.917. The van der Waals surface area contributed by atoms with Crippen LogP contribution in [0.15, 0.2) is 48.5 Å². The number of carbonyl (C=O) groups is 3.